The van der Waals surface area contributed by atoms with E-state index in [4.69, 9.17) is 0 Å². The second-order valence-electron chi connectivity index (χ2n) is 4.90. The SMILES string of the molecule is COC(=O)c1cn(-c2cccc(C(F)(F)F)c2)c(C)c1C(=O)OC. The van der Waals surface area contributed by atoms with Crippen LogP contribution in [0.2, 0.25) is 0 Å². The van der Waals surface area contributed by atoms with Gasteiger partial charge in [0.2, 0.25) is 0 Å². The van der Waals surface area contributed by atoms with Crippen LogP contribution in [0.4, 0.5) is 13.2 Å². The van der Waals surface area contributed by atoms with Gasteiger partial charge in [0.05, 0.1) is 30.9 Å². The van der Waals surface area contributed by atoms with Gasteiger partial charge in [-0.3, -0.25) is 0 Å². The molecule has 0 spiro atoms. The van der Waals surface area contributed by atoms with E-state index in [9.17, 15) is 22.8 Å². The van der Waals surface area contributed by atoms with Gasteiger partial charge in [-0.1, -0.05) is 6.07 Å². The Balaban J connectivity index is 2.66. The molecule has 0 bridgehead atoms. The summed E-state index contributed by atoms with van der Waals surface area (Å²) in [6, 6.07) is 4.54. The van der Waals surface area contributed by atoms with Crippen LogP contribution in [0.1, 0.15) is 32.0 Å². The number of ether oxygens (including phenoxy) is 2. The number of methoxy groups -OCH3 is 2. The molecule has 0 aliphatic carbocycles. The molecular formula is C16H14F3NO4. The molecule has 2 aromatic rings. The lowest BCUT2D eigenvalue weighted by atomic mass is 10.1. The Morgan fingerprint density at radius 3 is 2.25 bits per heavy atom. The average Bonchev–Trinajstić information content (AvgIpc) is 2.90. The largest absolute Gasteiger partial charge is 0.465 e. The van der Waals surface area contributed by atoms with Gasteiger partial charge in [-0.25, -0.2) is 9.59 Å². The minimum atomic E-state index is -4.51. The van der Waals surface area contributed by atoms with Crippen LogP contribution in [0.25, 0.3) is 5.69 Å². The lowest BCUT2D eigenvalue weighted by Gasteiger charge is -2.11. The molecular weight excluding hydrogens is 327 g/mol. The summed E-state index contributed by atoms with van der Waals surface area (Å²) in [5.41, 5.74) is -0.558. The molecule has 1 heterocycles. The van der Waals surface area contributed by atoms with Gasteiger partial charge in [-0.2, -0.15) is 13.2 Å². The van der Waals surface area contributed by atoms with E-state index >= 15 is 0 Å². The van der Waals surface area contributed by atoms with Crippen molar-refractivity contribution in [1.29, 1.82) is 0 Å². The molecule has 5 nitrogen and oxygen atoms in total. The molecule has 0 radical (unpaired) electrons. The topological polar surface area (TPSA) is 57.5 Å². The van der Waals surface area contributed by atoms with Crippen LogP contribution in [0, 0.1) is 6.92 Å². The van der Waals surface area contributed by atoms with Gasteiger partial charge in [0.15, 0.2) is 0 Å². The van der Waals surface area contributed by atoms with Crippen LogP contribution in [0.5, 0.6) is 0 Å². The van der Waals surface area contributed by atoms with Crippen LogP contribution in [-0.4, -0.2) is 30.7 Å². The van der Waals surface area contributed by atoms with Crippen molar-refractivity contribution < 1.29 is 32.2 Å². The van der Waals surface area contributed by atoms with Crippen molar-refractivity contribution in [2.45, 2.75) is 13.1 Å². The van der Waals surface area contributed by atoms with Crippen LogP contribution in [-0.2, 0) is 15.7 Å². The zero-order chi connectivity index (χ0) is 18.1. The molecule has 0 atom stereocenters. The number of halogens is 3. The predicted octanol–water partition coefficient (Wildman–Crippen LogP) is 3.38. The summed E-state index contributed by atoms with van der Waals surface area (Å²) in [6.45, 7) is 1.50. The van der Waals surface area contributed by atoms with Gasteiger partial charge in [0, 0.05) is 17.6 Å². The van der Waals surface area contributed by atoms with Crippen LogP contribution in [0.3, 0.4) is 0 Å². The summed E-state index contributed by atoms with van der Waals surface area (Å²) in [5.74, 6) is -1.57. The number of esters is 2. The zero-order valence-electron chi connectivity index (χ0n) is 13.1. The highest BCUT2D eigenvalue weighted by Crippen LogP contribution is 2.31. The van der Waals surface area contributed by atoms with Crippen LogP contribution < -0.4 is 0 Å². The Kier molecular flexibility index (Phi) is 4.68. The third-order valence-electron chi connectivity index (χ3n) is 3.50. The van der Waals surface area contributed by atoms with Crippen LogP contribution >= 0.6 is 0 Å². The summed E-state index contributed by atoms with van der Waals surface area (Å²) >= 11 is 0. The van der Waals surface area contributed by atoms with E-state index in [1.165, 1.54) is 29.8 Å². The summed E-state index contributed by atoms with van der Waals surface area (Å²) in [6.07, 6.45) is -3.25. The molecule has 128 valence electrons. The quantitative estimate of drug-likeness (QED) is 0.803. The number of hydrogen-bond donors (Lipinski definition) is 0. The van der Waals surface area contributed by atoms with Gasteiger partial charge in [-0.05, 0) is 25.1 Å². The zero-order valence-corrected chi connectivity index (χ0v) is 13.1. The Hall–Kier alpha value is -2.77. The van der Waals surface area contributed by atoms with Gasteiger partial charge in [0.25, 0.3) is 0 Å². The Bertz CT molecular complexity index is 793. The molecule has 24 heavy (non-hydrogen) atoms. The second-order valence-corrected chi connectivity index (χ2v) is 4.90. The van der Waals surface area contributed by atoms with E-state index in [1.54, 1.807) is 0 Å². The molecule has 8 heteroatoms. The van der Waals surface area contributed by atoms with E-state index < -0.39 is 23.7 Å². The summed E-state index contributed by atoms with van der Waals surface area (Å²) in [5, 5.41) is 0. The van der Waals surface area contributed by atoms with Gasteiger partial charge in [-0.15, -0.1) is 0 Å². The summed E-state index contributed by atoms with van der Waals surface area (Å²) < 4.78 is 49.2. The van der Waals surface area contributed by atoms with Gasteiger partial charge in [0.1, 0.15) is 0 Å². The Morgan fingerprint density at radius 2 is 1.71 bits per heavy atom. The van der Waals surface area contributed by atoms with E-state index in [2.05, 4.69) is 9.47 Å². The second kappa shape index (κ2) is 6.38. The Labute approximate surface area is 135 Å². The number of carbonyl (C=O) groups excluding carboxylic acids is 2. The van der Waals surface area contributed by atoms with Crippen molar-refractivity contribution in [2.75, 3.05) is 14.2 Å². The maximum atomic E-state index is 12.9. The first kappa shape index (κ1) is 17.6. The molecule has 0 fully saturated rings. The first-order chi connectivity index (χ1) is 11.2. The van der Waals surface area contributed by atoms with Crippen LogP contribution in [0.15, 0.2) is 30.5 Å². The summed E-state index contributed by atoms with van der Waals surface area (Å²) in [7, 11) is 2.28. The van der Waals surface area contributed by atoms with E-state index in [-0.39, 0.29) is 22.5 Å². The maximum Gasteiger partial charge on any atom is 0.416 e. The van der Waals surface area contributed by atoms with Crippen molar-refractivity contribution in [3.63, 3.8) is 0 Å². The predicted molar refractivity (Wildman–Crippen MR) is 78.2 cm³/mol. The highest BCUT2D eigenvalue weighted by atomic mass is 19.4. The van der Waals surface area contributed by atoms with Crippen molar-refractivity contribution in [3.8, 4) is 5.69 Å². The molecule has 0 amide bonds. The van der Waals surface area contributed by atoms with Gasteiger partial charge >= 0.3 is 18.1 Å². The first-order valence-corrected chi connectivity index (χ1v) is 6.77. The first-order valence-electron chi connectivity index (χ1n) is 6.77. The fourth-order valence-corrected chi connectivity index (χ4v) is 2.33. The fraction of sp³-hybridized carbons (Fsp3) is 0.250. The monoisotopic (exact) mass is 341 g/mol. The number of aromatic nitrogens is 1. The average molecular weight is 341 g/mol. The molecule has 1 aromatic carbocycles. The fourth-order valence-electron chi connectivity index (χ4n) is 2.33. The molecule has 0 saturated heterocycles. The van der Waals surface area contributed by atoms with Crippen molar-refractivity contribution in [1.82, 2.24) is 4.57 Å². The lowest BCUT2D eigenvalue weighted by molar-refractivity contribution is -0.137. The molecule has 1 aromatic heterocycles. The standard InChI is InChI=1S/C16H14F3NO4/c1-9-13(15(22)24-3)12(14(21)23-2)8-20(9)11-6-4-5-10(7-11)16(17,18)19/h4-8H,1-3H3. The van der Waals surface area contributed by atoms with Crippen molar-refractivity contribution in [3.05, 3.63) is 52.8 Å². The Morgan fingerprint density at radius 1 is 1.08 bits per heavy atom. The highest BCUT2D eigenvalue weighted by Gasteiger charge is 2.31. The third-order valence-corrected chi connectivity index (χ3v) is 3.50. The molecule has 0 unspecified atom stereocenters. The third kappa shape index (κ3) is 3.12. The number of benzene rings is 1. The number of carbonyl (C=O) groups is 2. The number of alkyl halides is 3. The van der Waals surface area contributed by atoms with Crippen molar-refractivity contribution in [2.24, 2.45) is 0 Å². The number of nitrogens with zero attached hydrogens (tertiary/aromatic N) is 1. The number of hydrogen-bond acceptors (Lipinski definition) is 4. The minimum Gasteiger partial charge on any atom is -0.465 e. The molecule has 0 aliphatic rings. The molecule has 0 aliphatic heterocycles. The van der Waals surface area contributed by atoms with E-state index in [0.29, 0.717) is 0 Å². The smallest absolute Gasteiger partial charge is 0.416 e. The van der Waals surface area contributed by atoms with E-state index in [1.807, 2.05) is 0 Å². The van der Waals surface area contributed by atoms with Crippen molar-refractivity contribution >= 4 is 11.9 Å². The molecule has 0 N–H and O–H groups in total. The number of rotatable bonds is 3. The lowest BCUT2D eigenvalue weighted by Crippen LogP contribution is -2.10. The minimum absolute atomic E-state index is 0.0539. The highest BCUT2D eigenvalue weighted by molar-refractivity contribution is 6.04. The maximum absolute atomic E-state index is 12.9. The molecule has 2 rings (SSSR count). The normalized spacial score (nSPS) is 11.2. The summed E-state index contributed by atoms with van der Waals surface area (Å²) in [4.78, 5) is 23.8. The molecule has 0 saturated carbocycles. The van der Waals surface area contributed by atoms with Gasteiger partial charge < -0.3 is 14.0 Å². The van der Waals surface area contributed by atoms with E-state index in [0.717, 1.165) is 26.4 Å².